The zero-order valence-corrected chi connectivity index (χ0v) is 16.4. The van der Waals surface area contributed by atoms with Crippen LogP contribution in [0.3, 0.4) is 0 Å². The van der Waals surface area contributed by atoms with E-state index in [1.54, 1.807) is 0 Å². The van der Waals surface area contributed by atoms with Crippen molar-refractivity contribution in [1.29, 1.82) is 0 Å². The molecule has 0 saturated heterocycles. The maximum absolute atomic E-state index is 14.2. The number of unbranched alkanes of at least 4 members (excludes halogenated alkanes) is 3. The van der Waals surface area contributed by atoms with Gasteiger partial charge in [0.2, 0.25) is 0 Å². The van der Waals surface area contributed by atoms with Crippen LogP contribution in [0, 0.1) is 0 Å². The Balaban J connectivity index is 1.92. The monoisotopic (exact) mass is 362 g/mol. The Hall–Kier alpha value is -2.11. The minimum atomic E-state index is -2.83. The summed E-state index contributed by atoms with van der Waals surface area (Å²) in [4.78, 5) is 0. The van der Waals surface area contributed by atoms with E-state index in [4.69, 9.17) is 0 Å². The van der Waals surface area contributed by atoms with Gasteiger partial charge >= 0.3 is 0 Å². The predicted octanol–water partition coefficient (Wildman–Crippen LogP) is 5.45. The van der Waals surface area contributed by atoms with Gasteiger partial charge in [0.05, 0.1) is 0 Å². The van der Waals surface area contributed by atoms with E-state index in [0.29, 0.717) is 0 Å². The van der Waals surface area contributed by atoms with Crippen molar-refractivity contribution in [2.75, 3.05) is 0 Å². The van der Waals surface area contributed by atoms with E-state index < -0.39 is 7.14 Å². The molecule has 3 rings (SSSR count). The third-order valence-electron chi connectivity index (χ3n) is 4.86. The van der Waals surface area contributed by atoms with E-state index in [0.717, 1.165) is 22.3 Å². The maximum Gasteiger partial charge on any atom is 0.171 e. The van der Waals surface area contributed by atoms with E-state index in [1.165, 1.54) is 31.2 Å². The van der Waals surface area contributed by atoms with Gasteiger partial charge in [-0.1, -0.05) is 111 Å². The highest BCUT2D eigenvalue weighted by Gasteiger charge is 2.29. The molecule has 0 bridgehead atoms. The summed E-state index contributed by atoms with van der Waals surface area (Å²) < 4.78 is 14.2. The second-order valence-corrected chi connectivity index (χ2v) is 9.53. The van der Waals surface area contributed by atoms with Crippen molar-refractivity contribution >= 4 is 23.1 Å². The molecular weight excluding hydrogens is 335 g/mol. The van der Waals surface area contributed by atoms with Crippen molar-refractivity contribution in [3.05, 3.63) is 90.5 Å². The lowest BCUT2D eigenvalue weighted by Crippen LogP contribution is -2.24. The molecule has 0 heterocycles. The molecule has 0 spiro atoms. The molecule has 0 aliphatic heterocycles. The van der Waals surface area contributed by atoms with Crippen LogP contribution in [0.2, 0.25) is 0 Å². The van der Waals surface area contributed by atoms with Gasteiger partial charge in [-0.2, -0.15) is 0 Å². The third-order valence-corrected chi connectivity index (χ3v) is 7.93. The topological polar surface area (TPSA) is 17.1 Å². The minimum absolute atomic E-state index is 0.891. The largest absolute Gasteiger partial charge is 0.309 e. The molecule has 2 heteroatoms. The molecule has 0 atom stereocenters. The highest BCUT2D eigenvalue weighted by molar-refractivity contribution is 7.85. The molecule has 0 amide bonds. The van der Waals surface area contributed by atoms with E-state index >= 15 is 0 Å². The Labute approximate surface area is 157 Å². The smallest absolute Gasteiger partial charge is 0.171 e. The van der Waals surface area contributed by atoms with Crippen molar-refractivity contribution < 1.29 is 4.57 Å². The van der Waals surface area contributed by atoms with Crippen LogP contribution in [0.25, 0.3) is 0 Å². The Bertz CT molecular complexity index is 795. The van der Waals surface area contributed by atoms with Gasteiger partial charge in [-0.15, -0.1) is 0 Å². The number of hydrogen-bond acceptors (Lipinski definition) is 1. The molecule has 0 aliphatic rings. The predicted molar refractivity (Wildman–Crippen MR) is 114 cm³/mol. The highest BCUT2D eigenvalue weighted by atomic mass is 31.2. The minimum Gasteiger partial charge on any atom is -0.309 e. The average molecular weight is 362 g/mol. The molecule has 0 aromatic heterocycles. The Kier molecular flexibility index (Phi) is 6.47. The van der Waals surface area contributed by atoms with Crippen LogP contribution in [-0.2, 0) is 11.0 Å². The van der Waals surface area contributed by atoms with Crippen molar-refractivity contribution in [2.45, 2.75) is 39.0 Å². The SMILES string of the molecule is CCCCCCc1ccc(P(=O)(c2ccccc2)c2ccccc2)cc1. The lowest BCUT2D eigenvalue weighted by Gasteiger charge is -2.20. The van der Waals surface area contributed by atoms with Gasteiger partial charge in [0.25, 0.3) is 0 Å². The summed E-state index contributed by atoms with van der Waals surface area (Å²) in [5.74, 6) is 0. The van der Waals surface area contributed by atoms with Crippen LogP contribution in [0.15, 0.2) is 84.9 Å². The second-order valence-electron chi connectivity index (χ2n) is 6.76. The van der Waals surface area contributed by atoms with Gasteiger partial charge in [-0.3, -0.25) is 0 Å². The lowest BCUT2D eigenvalue weighted by atomic mass is 10.1. The first-order valence-electron chi connectivity index (χ1n) is 9.56. The molecule has 26 heavy (non-hydrogen) atoms. The molecule has 3 aromatic carbocycles. The first-order chi connectivity index (χ1) is 12.7. The molecule has 0 unspecified atom stereocenters. The molecule has 0 saturated carbocycles. The lowest BCUT2D eigenvalue weighted by molar-refractivity contribution is 0.592. The fraction of sp³-hybridized carbons (Fsp3) is 0.250. The van der Waals surface area contributed by atoms with Crippen LogP contribution in [0.5, 0.6) is 0 Å². The van der Waals surface area contributed by atoms with Crippen molar-refractivity contribution in [3.63, 3.8) is 0 Å². The van der Waals surface area contributed by atoms with E-state index in [9.17, 15) is 4.57 Å². The molecule has 3 aromatic rings. The van der Waals surface area contributed by atoms with E-state index in [-0.39, 0.29) is 0 Å². The van der Waals surface area contributed by atoms with Crippen molar-refractivity contribution in [1.82, 2.24) is 0 Å². The molecule has 134 valence electrons. The first-order valence-corrected chi connectivity index (χ1v) is 11.3. The standard InChI is InChI=1S/C24H27OP/c1-2-3-4-7-12-21-17-19-24(20-18-21)26(25,22-13-8-5-9-14-22)23-15-10-6-11-16-23/h5-6,8-11,13-20H,2-4,7,12H2,1H3. The Morgan fingerprint density at radius 3 is 1.62 bits per heavy atom. The van der Waals surface area contributed by atoms with Crippen LogP contribution in [0.4, 0.5) is 0 Å². The zero-order chi connectivity index (χ0) is 18.2. The third kappa shape index (κ3) is 4.17. The van der Waals surface area contributed by atoms with Crippen molar-refractivity contribution in [2.24, 2.45) is 0 Å². The normalized spacial score (nSPS) is 11.4. The van der Waals surface area contributed by atoms with Gasteiger partial charge in [0.15, 0.2) is 7.14 Å². The number of benzene rings is 3. The number of aryl methyl sites for hydroxylation is 1. The van der Waals surface area contributed by atoms with E-state index in [1.807, 2.05) is 60.7 Å². The summed E-state index contributed by atoms with van der Waals surface area (Å²) in [6.07, 6.45) is 6.17. The first kappa shape index (κ1) is 18.7. The van der Waals surface area contributed by atoms with Gasteiger partial charge in [-0.25, -0.2) is 0 Å². The number of hydrogen-bond donors (Lipinski definition) is 0. The van der Waals surface area contributed by atoms with Crippen LogP contribution in [-0.4, -0.2) is 0 Å². The fourth-order valence-electron chi connectivity index (χ4n) is 3.35. The van der Waals surface area contributed by atoms with Crippen LogP contribution >= 0.6 is 7.14 Å². The summed E-state index contributed by atoms with van der Waals surface area (Å²) in [5.41, 5.74) is 1.33. The highest BCUT2D eigenvalue weighted by Crippen LogP contribution is 2.42. The van der Waals surface area contributed by atoms with Gasteiger partial charge in [0, 0.05) is 15.9 Å². The van der Waals surface area contributed by atoms with Gasteiger partial charge in [-0.05, 0) is 18.4 Å². The quantitative estimate of drug-likeness (QED) is 0.385. The van der Waals surface area contributed by atoms with Crippen molar-refractivity contribution in [3.8, 4) is 0 Å². The van der Waals surface area contributed by atoms with Gasteiger partial charge < -0.3 is 4.57 Å². The number of rotatable bonds is 8. The zero-order valence-electron chi connectivity index (χ0n) is 15.5. The Morgan fingerprint density at radius 2 is 1.12 bits per heavy atom. The second kappa shape index (κ2) is 9.01. The molecule has 0 radical (unpaired) electrons. The average Bonchev–Trinajstić information content (AvgIpc) is 2.72. The summed E-state index contributed by atoms with van der Waals surface area (Å²) in [7, 11) is -2.83. The molecular formula is C24H27OP. The fourth-order valence-corrected chi connectivity index (χ4v) is 6.00. The molecule has 0 fully saturated rings. The molecule has 1 nitrogen and oxygen atoms in total. The maximum atomic E-state index is 14.2. The van der Waals surface area contributed by atoms with Crippen LogP contribution < -0.4 is 15.9 Å². The van der Waals surface area contributed by atoms with E-state index in [2.05, 4.69) is 31.2 Å². The summed E-state index contributed by atoms with van der Waals surface area (Å²) in [6, 6.07) is 28.2. The summed E-state index contributed by atoms with van der Waals surface area (Å²) in [6.45, 7) is 2.24. The summed E-state index contributed by atoms with van der Waals surface area (Å²) in [5, 5.41) is 2.69. The van der Waals surface area contributed by atoms with Crippen LogP contribution in [0.1, 0.15) is 38.2 Å². The van der Waals surface area contributed by atoms with Gasteiger partial charge in [0.1, 0.15) is 0 Å². The molecule has 0 aliphatic carbocycles. The molecule has 0 N–H and O–H groups in total. The Morgan fingerprint density at radius 1 is 0.615 bits per heavy atom. The summed E-state index contributed by atoms with van der Waals surface area (Å²) >= 11 is 0.